The van der Waals surface area contributed by atoms with Gasteiger partial charge in [0, 0.05) is 22.4 Å². The van der Waals surface area contributed by atoms with Gasteiger partial charge in [-0.1, -0.05) is 53.2 Å². The number of para-hydroxylation sites is 1. The summed E-state index contributed by atoms with van der Waals surface area (Å²) in [7, 11) is 1.55. The third-order valence-electron chi connectivity index (χ3n) is 6.30. The number of fused-ring (bicyclic) bond motifs is 2. The summed E-state index contributed by atoms with van der Waals surface area (Å²) < 4.78 is 11.4. The lowest BCUT2D eigenvalue weighted by molar-refractivity contribution is -0.140. The largest absolute Gasteiger partial charge is 0.493 e. The van der Waals surface area contributed by atoms with Gasteiger partial charge in [0.15, 0.2) is 17.3 Å². The lowest BCUT2D eigenvalue weighted by atomic mass is 9.74. The summed E-state index contributed by atoms with van der Waals surface area (Å²) in [4.78, 5) is 33.4. The van der Waals surface area contributed by atoms with E-state index in [0.717, 1.165) is 5.56 Å². The fraction of sp³-hybridized carbons (Fsp3) is 0.250. The van der Waals surface area contributed by atoms with Crippen molar-refractivity contribution in [1.82, 2.24) is 0 Å². The Morgan fingerprint density at radius 3 is 2.51 bits per heavy atom. The van der Waals surface area contributed by atoms with Gasteiger partial charge in [0.25, 0.3) is 11.5 Å². The van der Waals surface area contributed by atoms with Crippen LogP contribution in [0.2, 0.25) is 0 Å². The highest BCUT2D eigenvalue weighted by molar-refractivity contribution is 6.24. The van der Waals surface area contributed by atoms with Crippen molar-refractivity contribution in [1.29, 1.82) is 0 Å². The molecule has 7 heteroatoms. The van der Waals surface area contributed by atoms with Crippen LogP contribution in [0.5, 0.6) is 11.5 Å². The van der Waals surface area contributed by atoms with Crippen LogP contribution in [0.15, 0.2) is 71.9 Å². The number of nitrogens with one attached hydrogen (secondary N) is 1. The zero-order chi connectivity index (χ0) is 24.7. The van der Waals surface area contributed by atoms with Gasteiger partial charge in [-0.25, -0.2) is 0 Å². The standard InChI is InChI=1S/C28H26N2O5/c1-16(2)34-22-14-13-19(15-23(22)33-4)25-24(26(31)18-11-9-17(3)10-12-18)28(35-30-25)20-7-5-6-8-21(20)29-27(28)32/h5-16,24H,1-4H3,(H,29,32). The number of anilines is 1. The van der Waals surface area contributed by atoms with E-state index in [1.165, 1.54) is 0 Å². The van der Waals surface area contributed by atoms with Crippen LogP contribution in [0.25, 0.3) is 0 Å². The second-order valence-corrected chi connectivity index (χ2v) is 9.00. The number of nitrogens with zero attached hydrogens (tertiary/aromatic N) is 1. The van der Waals surface area contributed by atoms with Gasteiger partial charge in [-0.2, -0.15) is 0 Å². The van der Waals surface area contributed by atoms with E-state index in [2.05, 4.69) is 10.5 Å². The normalized spacial score (nSPS) is 20.3. The first-order valence-electron chi connectivity index (χ1n) is 11.5. The highest BCUT2D eigenvalue weighted by Gasteiger charge is 2.63. The summed E-state index contributed by atoms with van der Waals surface area (Å²) in [5, 5.41) is 7.21. The average molecular weight is 471 g/mol. The molecule has 1 spiro atoms. The van der Waals surface area contributed by atoms with Crippen molar-refractivity contribution in [2.75, 3.05) is 12.4 Å². The Morgan fingerprint density at radius 1 is 1.06 bits per heavy atom. The van der Waals surface area contributed by atoms with Crippen LogP contribution in [0.4, 0.5) is 5.69 Å². The minimum Gasteiger partial charge on any atom is -0.493 e. The summed E-state index contributed by atoms with van der Waals surface area (Å²) in [6, 6.07) is 19.8. The van der Waals surface area contributed by atoms with Crippen LogP contribution < -0.4 is 14.8 Å². The van der Waals surface area contributed by atoms with Gasteiger partial charge in [-0.05, 0) is 45.0 Å². The molecule has 0 aliphatic carbocycles. The molecule has 2 unspecified atom stereocenters. The number of amides is 1. The summed E-state index contributed by atoms with van der Waals surface area (Å²) in [6.45, 7) is 5.81. The lowest BCUT2D eigenvalue weighted by Gasteiger charge is -2.27. The van der Waals surface area contributed by atoms with Crippen LogP contribution in [0.3, 0.4) is 0 Å². The molecule has 0 aromatic heterocycles. The van der Waals surface area contributed by atoms with Gasteiger partial charge >= 0.3 is 0 Å². The zero-order valence-corrected chi connectivity index (χ0v) is 20.0. The van der Waals surface area contributed by atoms with Gasteiger partial charge in [-0.3, -0.25) is 9.59 Å². The fourth-order valence-corrected chi connectivity index (χ4v) is 4.64. The monoisotopic (exact) mass is 470 g/mol. The Labute approximate surface area is 203 Å². The van der Waals surface area contributed by atoms with Crippen LogP contribution in [0.1, 0.15) is 40.9 Å². The fourth-order valence-electron chi connectivity index (χ4n) is 4.64. The molecular formula is C28H26N2O5. The average Bonchev–Trinajstić information content (AvgIpc) is 3.38. The third kappa shape index (κ3) is 3.64. The van der Waals surface area contributed by atoms with Crippen LogP contribution >= 0.6 is 0 Å². The molecule has 35 heavy (non-hydrogen) atoms. The van der Waals surface area contributed by atoms with Crippen LogP contribution in [0, 0.1) is 12.8 Å². The molecule has 0 saturated carbocycles. The first kappa shape index (κ1) is 22.7. The molecule has 0 radical (unpaired) electrons. The molecular weight excluding hydrogens is 444 g/mol. The van der Waals surface area contributed by atoms with Gasteiger partial charge in [0.2, 0.25) is 0 Å². The lowest BCUT2D eigenvalue weighted by Crippen LogP contribution is -2.46. The Morgan fingerprint density at radius 2 is 1.80 bits per heavy atom. The number of ether oxygens (including phenoxy) is 2. The molecule has 178 valence electrons. The maximum atomic E-state index is 14.0. The van der Waals surface area contributed by atoms with Gasteiger partial charge < -0.3 is 19.6 Å². The highest BCUT2D eigenvalue weighted by atomic mass is 16.7. The number of carbonyl (C=O) groups is 2. The Kier molecular flexibility index (Phi) is 5.55. The number of Topliss-reactive ketones (excluding diaryl/α,β-unsaturated/α-hetero) is 1. The predicted molar refractivity (Wildman–Crippen MR) is 132 cm³/mol. The molecule has 2 aliphatic heterocycles. The van der Waals surface area contributed by atoms with E-state index in [4.69, 9.17) is 14.3 Å². The van der Waals surface area contributed by atoms with E-state index in [0.29, 0.717) is 39.6 Å². The predicted octanol–water partition coefficient (Wildman–Crippen LogP) is 4.87. The van der Waals surface area contributed by atoms with Crippen molar-refractivity contribution in [2.45, 2.75) is 32.5 Å². The molecule has 0 fully saturated rings. The SMILES string of the molecule is COc1cc(C2=NOC3(C(=O)Nc4ccccc43)C2C(=O)c2ccc(C)cc2)ccc1OC(C)C. The van der Waals surface area contributed by atoms with Crippen LogP contribution in [-0.4, -0.2) is 30.6 Å². The number of ketones is 1. The third-order valence-corrected chi connectivity index (χ3v) is 6.30. The Hall–Kier alpha value is -4.13. The zero-order valence-electron chi connectivity index (χ0n) is 20.0. The first-order valence-corrected chi connectivity index (χ1v) is 11.5. The molecule has 7 nitrogen and oxygen atoms in total. The number of hydrogen-bond acceptors (Lipinski definition) is 6. The summed E-state index contributed by atoms with van der Waals surface area (Å²) >= 11 is 0. The van der Waals surface area contributed by atoms with E-state index >= 15 is 0 Å². The highest BCUT2D eigenvalue weighted by Crippen LogP contribution is 2.50. The topological polar surface area (TPSA) is 86.2 Å². The molecule has 2 aliphatic rings. The van der Waals surface area contributed by atoms with Crippen molar-refractivity contribution in [3.05, 3.63) is 89.0 Å². The van der Waals surface area contributed by atoms with E-state index in [-0.39, 0.29) is 11.9 Å². The first-order chi connectivity index (χ1) is 16.8. The minimum absolute atomic E-state index is 0.0419. The molecule has 0 saturated heterocycles. The Bertz CT molecular complexity index is 1350. The quantitative estimate of drug-likeness (QED) is 0.520. The number of oxime groups is 1. The summed E-state index contributed by atoms with van der Waals surface area (Å²) in [5.41, 5.74) is 2.06. The second-order valence-electron chi connectivity index (χ2n) is 9.00. The molecule has 2 heterocycles. The van der Waals surface area contributed by atoms with Gasteiger partial charge in [0.05, 0.1) is 13.2 Å². The number of benzene rings is 3. The van der Waals surface area contributed by atoms with E-state index in [1.807, 2.05) is 45.0 Å². The second kappa shape index (κ2) is 8.58. The summed E-state index contributed by atoms with van der Waals surface area (Å²) in [5.74, 6) is -0.608. The molecule has 3 aromatic carbocycles. The number of carbonyl (C=O) groups excluding carboxylic acids is 2. The van der Waals surface area contributed by atoms with Crippen molar-refractivity contribution >= 4 is 23.1 Å². The molecule has 5 rings (SSSR count). The van der Waals surface area contributed by atoms with Crippen molar-refractivity contribution < 1.29 is 23.9 Å². The molecule has 1 amide bonds. The van der Waals surface area contributed by atoms with Gasteiger partial charge in [-0.15, -0.1) is 0 Å². The van der Waals surface area contributed by atoms with E-state index in [9.17, 15) is 9.59 Å². The van der Waals surface area contributed by atoms with Crippen molar-refractivity contribution in [3.8, 4) is 11.5 Å². The summed E-state index contributed by atoms with van der Waals surface area (Å²) in [6.07, 6.45) is -0.0419. The van der Waals surface area contributed by atoms with Crippen molar-refractivity contribution in [2.24, 2.45) is 11.1 Å². The van der Waals surface area contributed by atoms with Gasteiger partial charge in [0.1, 0.15) is 11.6 Å². The number of hydrogen-bond donors (Lipinski definition) is 1. The number of methoxy groups -OCH3 is 1. The molecule has 1 N–H and O–H groups in total. The van der Waals surface area contributed by atoms with E-state index < -0.39 is 17.4 Å². The minimum atomic E-state index is -1.60. The molecule has 0 bridgehead atoms. The van der Waals surface area contributed by atoms with Crippen molar-refractivity contribution in [3.63, 3.8) is 0 Å². The maximum absolute atomic E-state index is 14.0. The number of rotatable bonds is 6. The number of aryl methyl sites for hydroxylation is 1. The van der Waals surface area contributed by atoms with Crippen LogP contribution in [-0.2, 0) is 15.2 Å². The smallest absolute Gasteiger partial charge is 0.277 e. The Balaban J connectivity index is 1.65. The van der Waals surface area contributed by atoms with E-state index in [1.54, 1.807) is 49.6 Å². The maximum Gasteiger partial charge on any atom is 0.277 e. The molecule has 2 atom stereocenters. The molecule has 3 aromatic rings.